The Morgan fingerprint density at radius 2 is 0.413 bits per heavy atom. The lowest BCUT2D eigenvalue weighted by molar-refractivity contribution is -0.276. The predicted molar refractivity (Wildman–Crippen MR) is 330 cm³/mol. The molecule has 0 N–H and O–H groups in total. The summed E-state index contributed by atoms with van der Waals surface area (Å²) in [6.45, 7) is 0. The molecule has 0 aliphatic heterocycles. The zero-order valence-electron chi connectivity index (χ0n) is 53.6. The van der Waals surface area contributed by atoms with Gasteiger partial charge in [0, 0.05) is 72.2 Å². The Kier molecular flexibility index (Phi) is 28.4. The first-order chi connectivity index (χ1) is 48.9. The summed E-state index contributed by atoms with van der Waals surface area (Å²) in [4.78, 5) is 48.7. The van der Waals surface area contributed by atoms with E-state index in [1.807, 2.05) is 0 Å². The lowest BCUT2D eigenvalue weighted by Gasteiger charge is -2.11. The average molecular weight is 1490 g/mol. The summed E-state index contributed by atoms with van der Waals surface area (Å²) >= 11 is 0. The molecule has 0 heterocycles. The van der Waals surface area contributed by atoms with Crippen molar-refractivity contribution < 1.29 is 145 Å². The second-order valence-electron chi connectivity index (χ2n) is 22.5. The highest BCUT2D eigenvalue weighted by Crippen LogP contribution is 2.38. The molecule has 32 heteroatoms. The van der Waals surface area contributed by atoms with Gasteiger partial charge in [-0.3, -0.25) is 19.2 Å². The van der Waals surface area contributed by atoms with Crippen molar-refractivity contribution in [3.8, 4) is 90.5 Å². The molecule has 0 saturated heterocycles. The lowest BCUT2D eigenvalue weighted by atomic mass is 10.0. The van der Waals surface area contributed by atoms with E-state index in [1.54, 1.807) is 0 Å². The van der Waals surface area contributed by atoms with Gasteiger partial charge in [-0.15, -0.1) is 52.7 Å². The van der Waals surface area contributed by atoms with Crippen molar-refractivity contribution in [3.63, 3.8) is 0 Å². The van der Waals surface area contributed by atoms with Crippen LogP contribution in [0.4, 0.5) is 87.8 Å². The largest absolute Gasteiger partial charge is 0.573 e. The van der Waals surface area contributed by atoms with Crippen molar-refractivity contribution >= 4 is 23.9 Å². The van der Waals surface area contributed by atoms with Gasteiger partial charge in [-0.2, -0.15) is 0 Å². The van der Waals surface area contributed by atoms with Gasteiger partial charge in [-0.1, -0.05) is 75.6 Å². The number of carbonyl (C=O) groups is 4. The van der Waals surface area contributed by atoms with Gasteiger partial charge in [0.25, 0.3) is 0 Å². The van der Waals surface area contributed by atoms with E-state index in [0.29, 0.717) is 94.2 Å². The van der Waals surface area contributed by atoms with E-state index in [2.05, 4.69) is 18.9 Å². The van der Waals surface area contributed by atoms with Gasteiger partial charge in [0.05, 0.1) is 0 Å². The van der Waals surface area contributed by atoms with E-state index >= 15 is 0 Å². The summed E-state index contributed by atoms with van der Waals surface area (Å²) < 4.78 is 298. The monoisotopic (exact) mass is 1490 g/mol. The second-order valence-corrected chi connectivity index (χ2v) is 22.5. The maximum absolute atomic E-state index is 14.6. The van der Waals surface area contributed by atoms with Crippen molar-refractivity contribution in [3.05, 3.63) is 192 Å². The summed E-state index contributed by atoms with van der Waals surface area (Å²) in [5.41, 5.74) is -0.798. The van der Waals surface area contributed by atoms with Crippen LogP contribution in [0.25, 0.3) is 44.5 Å². The molecule has 0 fully saturated rings. The summed E-state index contributed by atoms with van der Waals surface area (Å²) in [6, 6.07) is 23.2. The third-order valence-electron chi connectivity index (χ3n) is 14.6. The molecule has 0 saturated carbocycles. The Labute approximate surface area is 577 Å². The number of ether oxygens (including phenoxy) is 8. The molecule has 0 radical (unpaired) electrons. The molecule has 0 aromatic heterocycles. The summed E-state index contributed by atoms with van der Waals surface area (Å²) in [7, 11) is 0. The normalized spacial score (nSPS) is 11.7. The number of carbonyl (C=O) groups excluding carboxylic acids is 4. The summed E-state index contributed by atoms with van der Waals surface area (Å²) in [5, 5.41) is 0. The number of esters is 4. The average Bonchev–Trinajstić information content (AvgIpc) is 0.831. The van der Waals surface area contributed by atoms with Crippen LogP contribution < -0.4 is 37.9 Å². The maximum Gasteiger partial charge on any atom is 0.573 e. The third-order valence-corrected chi connectivity index (χ3v) is 14.6. The van der Waals surface area contributed by atoms with E-state index in [9.17, 15) is 107 Å². The van der Waals surface area contributed by atoms with E-state index in [-0.39, 0.29) is 93.2 Å². The van der Waals surface area contributed by atoms with Gasteiger partial charge in [0.1, 0.15) is 46.3 Å². The SMILES string of the molecule is O=C(CCCCCCCC(=O)Oc1ccc(-c2ccc(OC(F)(F)F)c(F)c2)c(F)c1)Oc1ccc(-c2ccc(OC(F)(F)F)c(F)c2)c(F)c1.O=C(CCCCCCCCCC(=O)Oc1ccc(-c2ccc(OC(F)(F)F)c(F)c2)c(F)c1)Oc1ccc(-c2ccc(OC(F)(F)F)c(F)c2)c(F)c1. The molecule has 0 aliphatic carbocycles. The summed E-state index contributed by atoms with van der Waals surface area (Å²) in [5.74, 6) is -16.2. The Morgan fingerprint density at radius 1 is 0.231 bits per heavy atom. The molecule has 0 unspecified atom stereocenters. The van der Waals surface area contributed by atoms with Crippen LogP contribution in [0.3, 0.4) is 0 Å². The molecule has 0 spiro atoms. The number of hydrogen-bond donors (Lipinski definition) is 0. The minimum atomic E-state index is -5.10. The van der Waals surface area contributed by atoms with E-state index in [0.717, 1.165) is 79.9 Å². The summed E-state index contributed by atoms with van der Waals surface area (Å²) in [6.07, 6.45) is -12.8. The van der Waals surface area contributed by atoms with E-state index < -0.39 is 119 Å². The van der Waals surface area contributed by atoms with Crippen molar-refractivity contribution in [1.82, 2.24) is 0 Å². The number of rotatable bonds is 30. The van der Waals surface area contributed by atoms with Crippen molar-refractivity contribution in [2.24, 2.45) is 0 Å². The molecule has 12 nitrogen and oxygen atoms in total. The second kappa shape index (κ2) is 36.5. The molecular formula is C72H56F20O12. The fourth-order valence-corrected chi connectivity index (χ4v) is 9.90. The Bertz CT molecular complexity index is 4020. The van der Waals surface area contributed by atoms with Crippen LogP contribution in [0.2, 0.25) is 0 Å². The smallest absolute Gasteiger partial charge is 0.426 e. The highest BCUT2D eigenvalue weighted by Gasteiger charge is 2.36. The van der Waals surface area contributed by atoms with Crippen LogP contribution in [0.5, 0.6) is 46.0 Å². The van der Waals surface area contributed by atoms with E-state index in [4.69, 9.17) is 18.9 Å². The van der Waals surface area contributed by atoms with Crippen LogP contribution in [-0.2, 0) is 19.2 Å². The molecule has 8 aromatic carbocycles. The first kappa shape index (κ1) is 80.7. The minimum Gasteiger partial charge on any atom is -0.426 e. The fraction of sp³-hybridized carbons (Fsp3) is 0.278. The Balaban J connectivity index is 0.000000291. The lowest BCUT2D eigenvalue weighted by Crippen LogP contribution is -2.17. The van der Waals surface area contributed by atoms with Gasteiger partial charge in [0.15, 0.2) is 46.3 Å². The fourth-order valence-electron chi connectivity index (χ4n) is 9.90. The topological polar surface area (TPSA) is 142 Å². The van der Waals surface area contributed by atoms with Crippen molar-refractivity contribution in [2.75, 3.05) is 0 Å². The third kappa shape index (κ3) is 26.7. The van der Waals surface area contributed by atoms with Crippen LogP contribution in [0.15, 0.2) is 146 Å². The number of unbranched alkanes of at least 4 members (excludes halogenated alkanes) is 10. The number of alkyl halides is 12. The number of hydrogen-bond acceptors (Lipinski definition) is 12. The molecule has 8 aromatic rings. The predicted octanol–water partition coefficient (Wildman–Crippen LogP) is 22.0. The molecular weight excluding hydrogens is 1440 g/mol. The highest BCUT2D eigenvalue weighted by molar-refractivity contribution is 5.76. The molecule has 0 bridgehead atoms. The van der Waals surface area contributed by atoms with Gasteiger partial charge < -0.3 is 37.9 Å². The molecule has 0 amide bonds. The van der Waals surface area contributed by atoms with Crippen molar-refractivity contribution in [2.45, 2.75) is 128 Å². The number of halogens is 20. The van der Waals surface area contributed by atoms with Crippen LogP contribution in [0, 0.1) is 46.5 Å². The van der Waals surface area contributed by atoms with Gasteiger partial charge in [-0.05, 0) is 145 Å². The quantitative estimate of drug-likeness (QED) is 0.0183. The molecule has 8 rings (SSSR count). The first-order valence-electron chi connectivity index (χ1n) is 31.2. The molecule has 104 heavy (non-hydrogen) atoms. The highest BCUT2D eigenvalue weighted by atomic mass is 19.4. The Morgan fingerprint density at radius 3 is 0.577 bits per heavy atom. The van der Waals surface area contributed by atoms with Gasteiger partial charge in [0.2, 0.25) is 0 Å². The standard InChI is InChI=1S/C37H30F10O6.C35H26F10O6/c38-28-20-24(12-14-26(28)22-10-16-32(30(40)18-22)52-36(42,43)44)50-34(48)8-6-4-2-1-3-5-7-9-35(49)51-25-13-15-27(29(39)21-25)23-11-17-33(31(41)19-23)53-37(45,46)47;36-26-18-22(10-12-24(26)20-8-14-30(28(38)16-20)50-34(40,41)42)48-32(46)6-4-2-1-3-5-7-33(47)49-23-11-13-25(27(37)19-23)21-9-15-31(29(39)17-21)51-35(43,44)45/h10-21H,1-9H2;8-19H,1-7H2. The first-order valence-corrected chi connectivity index (χ1v) is 31.2. The zero-order valence-corrected chi connectivity index (χ0v) is 53.6. The van der Waals surface area contributed by atoms with Crippen LogP contribution in [-0.4, -0.2) is 49.3 Å². The van der Waals surface area contributed by atoms with Crippen LogP contribution >= 0.6 is 0 Å². The zero-order chi connectivity index (χ0) is 76.1. The molecule has 0 aliphatic rings. The van der Waals surface area contributed by atoms with Gasteiger partial charge in [-0.25, -0.2) is 35.1 Å². The maximum atomic E-state index is 14.6. The molecule has 0 atom stereocenters. The Hall–Kier alpha value is -10.6. The number of benzene rings is 8. The van der Waals surface area contributed by atoms with Gasteiger partial charge >= 0.3 is 49.3 Å². The minimum absolute atomic E-state index is 0.00300. The van der Waals surface area contributed by atoms with Crippen molar-refractivity contribution in [1.29, 1.82) is 0 Å². The molecule has 556 valence electrons. The van der Waals surface area contributed by atoms with Crippen LogP contribution in [0.1, 0.15) is 103 Å². The van der Waals surface area contributed by atoms with E-state index in [1.165, 1.54) is 48.5 Å².